The van der Waals surface area contributed by atoms with Gasteiger partial charge in [0.25, 0.3) is 23.5 Å². The van der Waals surface area contributed by atoms with Crippen molar-refractivity contribution >= 4 is 70.4 Å². The van der Waals surface area contributed by atoms with Crippen molar-refractivity contribution in [3.05, 3.63) is 0 Å². The predicted molar refractivity (Wildman–Crippen MR) is 75.0 cm³/mol. The van der Waals surface area contributed by atoms with E-state index in [-0.39, 0.29) is 443 Å². The second-order valence-corrected chi connectivity index (χ2v) is 16.5. The van der Waals surface area contributed by atoms with Gasteiger partial charge in [0.05, 0.1) is 46.9 Å². The molecule has 0 saturated heterocycles. The fraction of sp³-hybridized carbons (Fsp3) is 0. The molecule has 54 heavy (non-hydrogen) atoms. The molecule has 0 fully saturated rings. The topological polar surface area (TPSA) is 555 Å². The van der Waals surface area contributed by atoms with Crippen molar-refractivity contribution in [3.63, 3.8) is 0 Å². The van der Waals surface area contributed by atoms with E-state index in [0.717, 1.165) is 0 Å². The first-order valence-corrected chi connectivity index (χ1v) is 19.7. The quantitative estimate of drug-likeness (QED) is 0.129. The SMILES string of the molecule is O=P([O-])([O-])OP(=O)([O-])OP(=O)([O-])[O-].O=P([O-])([O-])OP(=O)([O-])OP(=O)([O-])[O-].O=P([O-])([O-])OP(=O)([O-])OP(=O)([O-])[O-].[Na+].[Na+].[Na+].[Na+].[Na+].[Na+].[Na+].[Na+].[Na+].[Na+].[Na+].[Na+].[Na+].[Na+].[Na+]. The van der Waals surface area contributed by atoms with Gasteiger partial charge in [-0.05, 0) is 0 Å². The Labute approximate surface area is 637 Å². The molecule has 0 radical (unpaired) electrons. The smallest absolute Gasteiger partial charge is 0.790 e. The third-order valence-electron chi connectivity index (χ3n) is 1.20. The zero-order valence-electron chi connectivity index (χ0n) is 31.3. The fourth-order valence-electron chi connectivity index (χ4n) is 0.780. The molecule has 0 spiro atoms. The van der Waals surface area contributed by atoms with E-state index in [0.29, 0.717) is 0 Å². The summed E-state index contributed by atoms with van der Waals surface area (Å²) in [5.74, 6) is 0. The van der Waals surface area contributed by atoms with Crippen LogP contribution in [0.5, 0.6) is 0 Å². The zero-order valence-corrected chi connectivity index (χ0v) is 69.3. The molecule has 240 valence electrons. The van der Waals surface area contributed by atoms with Crippen LogP contribution in [0.15, 0.2) is 0 Å². The Bertz CT molecular complexity index is 1010. The van der Waals surface area contributed by atoms with Crippen molar-refractivity contribution < 1.29 is 584 Å². The Morgan fingerprint density at radius 3 is 0.278 bits per heavy atom. The van der Waals surface area contributed by atoms with Crippen molar-refractivity contribution in [2.45, 2.75) is 0 Å². The molecule has 0 heterocycles. The minimum Gasteiger partial charge on any atom is -0.790 e. The maximum Gasteiger partial charge on any atom is 1.00 e. The molecule has 0 aromatic rings. The summed E-state index contributed by atoms with van der Waals surface area (Å²) in [5.41, 5.74) is 0. The first-order chi connectivity index (χ1) is 16.2. The van der Waals surface area contributed by atoms with Gasteiger partial charge in [-0.3, -0.25) is 39.6 Å². The summed E-state index contributed by atoms with van der Waals surface area (Å²) in [6.45, 7) is 0. The van der Waals surface area contributed by atoms with Gasteiger partial charge in [0.1, 0.15) is 0 Å². The molecular formula is Na15O30P9. The summed E-state index contributed by atoms with van der Waals surface area (Å²) in [6, 6.07) is 0. The van der Waals surface area contributed by atoms with E-state index in [1.165, 1.54) is 0 Å². The van der Waals surface area contributed by atoms with E-state index in [4.69, 9.17) is 0 Å². The summed E-state index contributed by atoms with van der Waals surface area (Å²) >= 11 is 0. The fourth-order valence-corrected chi connectivity index (χ4v) is 7.82. The van der Waals surface area contributed by atoms with Crippen molar-refractivity contribution in [1.82, 2.24) is 0 Å². The summed E-state index contributed by atoms with van der Waals surface area (Å²) in [6.07, 6.45) is 0. The van der Waals surface area contributed by atoms with Crippen LogP contribution in [0.1, 0.15) is 0 Å². The number of rotatable bonds is 12. The first kappa shape index (κ1) is 123. The second-order valence-electron chi connectivity index (χ2n) is 4.51. The van der Waals surface area contributed by atoms with Crippen LogP contribution in [0.4, 0.5) is 0 Å². The molecule has 0 aromatic carbocycles. The van der Waals surface area contributed by atoms with Gasteiger partial charge < -0.3 is 101 Å². The van der Waals surface area contributed by atoms with Gasteiger partial charge in [-0.2, -0.15) is 0 Å². The third-order valence-corrected chi connectivity index (χ3v) is 10.8. The van der Waals surface area contributed by atoms with Gasteiger partial charge in [-0.1, -0.05) is 0 Å². The second kappa shape index (κ2) is 55.5. The van der Waals surface area contributed by atoms with Crippen LogP contribution in [0.2, 0.25) is 0 Å². The Balaban J connectivity index is -0.0000000198. The molecule has 0 N–H and O–H groups in total. The molecule has 0 atom stereocenters. The van der Waals surface area contributed by atoms with Crippen LogP contribution in [-0.2, 0) is 66.9 Å². The van der Waals surface area contributed by atoms with Gasteiger partial charge in [-0.25, -0.2) is 0 Å². The summed E-state index contributed by atoms with van der Waals surface area (Å²) in [7, 11) is -53.7. The predicted octanol–water partition coefficient (Wildman–Crippen LogP) is -56.5. The maximum absolute atomic E-state index is 10.1. The third kappa shape index (κ3) is 113. The number of hydrogen-bond donors (Lipinski definition) is 0. The maximum atomic E-state index is 10.1. The molecule has 0 unspecified atom stereocenters. The van der Waals surface area contributed by atoms with Crippen molar-refractivity contribution in [2.75, 3.05) is 0 Å². The van der Waals surface area contributed by atoms with Gasteiger partial charge in [0, 0.05) is 0 Å². The molecule has 0 amide bonds. The Kier molecular flexibility index (Phi) is 127. The van der Waals surface area contributed by atoms with E-state index in [1.807, 2.05) is 0 Å². The molecule has 0 aliphatic carbocycles. The van der Waals surface area contributed by atoms with Crippen LogP contribution in [0.25, 0.3) is 0 Å². The minimum atomic E-state index is -5.97. The van der Waals surface area contributed by atoms with Crippen molar-refractivity contribution in [1.29, 1.82) is 0 Å². The van der Waals surface area contributed by atoms with Crippen LogP contribution < -0.4 is 517 Å². The molecule has 54 heteroatoms. The van der Waals surface area contributed by atoms with E-state index < -0.39 is 70.4 Å². The summed E-state index contributed by atoms with van der Waals surface area (Å²) in [5, 5.41) is 0. The molecule has 0 saturated carbocycles. The molecule has 30 nitrogen and oxygen atoms in total. The van der Waals surface area contributed by atoms with E-state index in [2.05, 4.69) is 25.9 Å². The number of hydrogen-bond acceptors (Lipinski definition) is 30. The summed E-state index contributed by atoms with van der Waals surface area (Å²) < 4.78 is 104. The van der Waals surface area contributed by atoms with Crippen LogP contribution in [0.3, 0.4) is 0 Å². The van der Waals surface area contributed by atoms with Crippen molar-refractivity contribution in [2.24, 2.45) is 0 Å². The standard InChI is InChI=1S/15Na.3H5O10P3/c;;;;;;;;;;;;;;;3*1-11(2,3)9-13(7,8)10-12(4,5)6/h;;;;;;;;;;;;;;;3*(H,7,8)(H2,1,2,3)(H2,4,5,6)/q15*+1;;;/p-15. The zero-order chi connectivity index (χ0) is 32.7. The largest absolute Gasteiger partial charge is 1.00 e. The van der Waals surface area contributed by atoms with Gasteiger partial charge in [0.15, 0.2) is 0 Å². The van der Waals surface area contributed by atoms with Gasteiger partial charge in [0.2, 0.25) is 0 Å². The Morgan fingerprint density at radius 1 is 0.185 bits per heavy atom. The molecule has 0 bridgehead atoms. The average Bonchev–Trinajstić information content (AvgIpc) is 2.28. The van der Waals surface area contributed by atoms with E-state index in [1.54, 1.807) is 0 Å². The molecule has 0 aromatic heterocycles. The summed E-state index contributed by atoms with van der Waals surface area (Å²) in [4.78, 5) is 146. The molecule has 0 aliphatic heterocycles. The van der Waals surface area contributed by atoms with E-state index >= 15 is 0 Å². The monoisotopic (exact) mass is 1100 g/mol. The first-order valence-electron chi connectivity index (χ1n) is 6.57. The normalized spacial score (nSPS) is 10.5. The van der Waals surface area contributed by atoms with Crippen LogP contribution in [-0.4, -0.2) is 0 Å². The van der Waals surface area contributed by atoms with Crippen molar-refractivity contribution in [3.8, 4) is 0 Å². The van der Waals surface area contributed by atoms with Crippen LogP contribution in [0, 0.1) is 0 Å². The number of phosphoric acid groups is 9. The Hall–Kier alpha value is 16.2. The van der Waals surface area contributed by atoms with Crippen LogP contribution >= 0.6 is 70.4 Å². The molecule has 0 rings (SSSR count). The van der Waals surface area contributed by atoms with E-state index in [9.17, 15) is 114 Å². The average molecular weight is 1100 g/mol. The molecule has 0 aliphatic rings. The van der Waals surface area contributed by atoms with Gasteiger partial charge >= 0.3 is 443 Å². The van der Waals surface area contributed by atoms with Gasteiger partial charge in [-0.15, -0.1) is 0 Å². The minimum absolute atomic E-state index is 0. The Morgan fingerprint density at radius 2 is 0.241 bits per heavy atom. The molecular weight excluding hydrogens is 1100 g/mol.